The van der Waals surface area contributed by atoms with Gasteiger partial charge in [0.25, 0.3) is 0 Å². The summed E-state index contributed by atoms with van der Waals surface area (Å²) >= 11 is 0. The van der Waals surface area contributed by atoms with Crippen LogP contribution in [0.5, 0.6) is 0 Å². The van der Waals surface area contributed by atoms with Gasteiger partial charge in [0.05, 0.1) is 13.0 Å². The van der Waals surface area contributed by atoms with E-state index in [-0.39, 0.29) is 5.91 Å². The Hall–Kier alpha value is -1.79. The van der Waals surface area contributed by atoms with E-state index < -0.39 is 0 Å². The molecule has 0 bridgehead atoms. The fraction of sp³-hybridized carbons (Fsp3) is 0.250. The summed E-state index contributed by atoms with van der Waals surface area (Å²) in [6, 6.07) is 5.82. The van der Waals surface area contributed by atoms with E-state index in [2.05, 4.69) is 22.5 Å². The summed E-state index contributed by atoms with van der Waals surface area (Å²) in [6.07, 6.45) is 0.486. The smallest absolute Gasteiger partial charge is 0.228 e. The van der Waals surface area contributed by atoms with Crippen LogP contribution >= 0.6 is 0 Å². The molecule has 1 aliphatic rings. The van der Waals surface area contributed by atoms with Gasteiger partial charge in [-0.2, -0.15) is 0 Å². The molecule has 1 amide bonds. The lowest BCUT2D eigenvalue weighted by Crippen LogP contribution is -2.04. The number of carbonyl (C=O) groups is 1. The summed E-state index contributed by atoms with van der Waals surface area (Å²) in [6.45, 7) is 0.670. The molecule has 3 heteroatoms. The number of hydrogen-bond acceptors (Lipinski definition) is 2. The number of nitrogens with one attached hydrogen (secondary N) is 2. The van der Waals surface area contributed by atoms with Gasteiger partial charge in [-0.25, -0.2) is 0 Å². The molecule has 1 aromatic rings. The maximum absolute atomic E-state index is 11.1. The highest BCUT2D eigenvalue weighted by Crippen LogP contribution is 2.23. The van der Waals surface area contributed by atoms with Crippen molar-refractivity contribution < 1.29 is 4.79 Å². The van der Waals surface area contributed by atoms with Gasteiger partial charge in [0.2, 0.25) is 5.91 Å². The first kappa shape index (κ1) is 9.75. The van der Waals surface area contributed by atoms with Crippen LogP contribution in [0.2, 0.25) is 0 Å². The zero-order chi connectivity index (χ0) is 10.7. The Morgan fingerprint density at radius 1 is 1.53 bits per heavy atom. The summed E-state index contributed by atoms with van der Waals surface area (Å²) in [5, 5.41) is 5.76. The van der Waals surface area contributed by atoms with Crippen molar-refractivity contribution in [1.82, 2.24) is 5.32 Å². The zero-order valence-electron chi connectivity index (χ0n) is 8.55. The lowest BCUT2D eigenvalue weighted by Gasteiger charge is -1.98. The van der Waals surface area contributed by atoms with Gasteiger partial charge in [-0.05, 0) is 24.7 Å². The van der Waals surface area contributed by atoms with E-state index in [1.807, 2.05) is 25.2 Å². The van der Waals surface area contributed by atoms with E-state index in [4.69, 9.17) is 0 Å². The van der Waals surface area contributed by atoms with Crippen LogP contribution in [0.4, 0.5) is 5.69 Å². The van der Waals surface area contributed by atoms with Gasteiger partial charge in [0, 0.05) is 11.3 Å². The second-order valence-electron chi connectivity index (χ2n) is 3.43. The van der Waals surface area contributed by atoms with Crippen molar-refractivity contribution in [3.05, 3.63) is 29.3 Å². The molecule has 0 unspecified atom stereocenters. The highest BCUT2D eigenvalue weighted by atomic mass is 16.1. The highest BCUT2D eigenvalue weighted by molar-refractivity contribution is 5.99. The Bertz CT molecular complexity index is 454. The largest absolute Gasteiger partial charge is 0.325 e. The van der Waals surface area contributed by atoms with Crippen molar-refractivity contribution in [1.29, 1.82) is 0 Å². The van der Waals surface area contributed by atoms with Crippen LogP contribution in [0.15, 0.2) is 18.2 Å². The Balaban J connectivity index is 2.21. The molecule has 0 radical (unpaired) electrons. The van der Waals surface area contributed by atoms with Crippen LogP contribution in [0.25, 0.3) is 0 Å². The standard InChI is InChI=1S/C12H12N2O/c1-13-6-2-3-9-4-5-10-8-12(15)14-11(10)7-9/h4-5,7,13H,6,8H2,1H3,(H,14,15). The van der Waals surface area contributed by atoms with Crippen molar-refractivity contribution in [2.75, 3.05) is 18.9 Å². The van der Waals surface area contributed by atoms with Crippen LogP contribution in [0, 0.1) is 11.8 Å². The molecule has 1 aliphatic heterocycles. The number of rotatable bonds is 1. The van der Waals surface area contributed by atoms with E-state index in [0.29, 0.717) is 13.0 Å². The van der Waals surface area contributed by atoms with E-state index in [0.717, 1.165) is 16.8 Å². The Kier molecular flexibility index (Phi) is 2.70. The minimum absolute atomic E-state index is 0.0605. The van der Waals surface area contributed by atoms with Crippen molar-refractivity contribution in [3.63, 3.8) is 0 Å². The molecule has 0 aromatic heterocycles. The predicted molar refractivity (Wildman–Crippen MR) is 59.6 cm³/mol. The second kappa shape index (κ2) is 4.16. The van der Waals surface area contributed by atoms with E-state index in [1.165, 1.54) is 0 Å². The zero-order valence-corrected chi connectivity index (χ0v) is 8.55. The van der Waals surface area contributed by atoms with Crippen molar-refractivity contribution >= 4 is 11.6 Å². The molecule has 15 heavy (non-hydrogen) atoms. The first-order valence-electron chi connectivity index (χ1n) is 4.86. The van der Waals surface area contributed by atoms with E-state index in [9.17, 15) is 4.79 Å². The number of carbonyl (C=O) groups excluding carboxylic acids is 1. The Morgan fingerprint density at radius 3 is 3.20 bits per heavy atom. The molecule has 0 saturated carbocycles. The third kappa shape index (κ3) is 2.17. The molecule has 0 aliphatic carbocycles. The monoisotopic (exact) mass is 200 g/mol. The van der Waals surface area contributed by atoms with Gasteiger partial charge in [0.15, 0.2) is 0 Å². The average Bonchev–Trinajstić information content (AvgIpc) is 2.57. The van der Waals surface area contributed by atoms with Crippen LogP contribution in [0.1, 0.15) is 11.1 Å². The van der Waals surface area contributed by atoms with Crippen LogP contribution < -0.4 is 10.6 Å². The average molecular weight is 200 g/mol. The van der Waals surface area contributed by atoms with E-state index in [1.54, 1.807) is 0 Å². The molecular formula is C12H12N2O. The first-order valence-corrected chi connectivity index (χ1v) is 4.86. The molecule has 76 valence electrons. The van der Waals surface area contributed by atoms with Gasteiger partial charge >= 0.3 is 0 Å². The molecule has 1 aromatic carbocycles. The van der Waals surface area contributed by atoms with Gasteiger partial charge in [0.1, 0.15) is 0 Å². The summed E-state index contributed by atoms with van der Waals surface area (Å²) in [5.41, 5.74) is 2.89. The fourth-order valence-corrected chi connectivity index (χ4v) is 1.53. The topological polar surface area (TPSA) is 41.1 Å². The van der Waals surface area contributed by atoms with Crippen LogP contribution in [-0.4, -0.2) is 19.5 Å². The minimum Gasteiger partial charge on any atom is -0.325 e. The summed E-state index contributed by atoms with van der Waals surface area (Å²) < 4.78 is 0. The normalized spacial score (nSPS) is 12.7. The predicted octanol–water partition coefficient (Wildman–Crippen LogP) is 0.752. The third-order valence-electron chi connectivity index (χ3n) is 2.23. The van der Waals surface area contributed by atoms with Gasteiger partial charge in [-0.1, -0.05) is 17.9 Å². The van der Waals surface area contributed by atoms with Crippen molar-refractivity contribution in [2.45, 2.75) is 6.42 Å². The molecule has 0 saturated heterocycles. The van der Waals surface area contributed by atoms with Crippen LogP contribution in [-0.2, 0) is 11.2 Å². The molecule has 1 heterocycles. The highest BCUT2D eigenvalue weighted by Gasteiger charge is 2.16. The summed E-state index contributed by atoms with van der Waals surface area (Å²) in [7, 11) is 1.86. The molecule has 2 N–H and O–H groups in total. The lowest BCUT2D eigenvalue weighted by atomic mass is 10.1. The van der Waals surface area contributed by atoms with Gasteiger partial charge < -0.3 is 10.6 Å². The minimum atomic E-state index is 0.0605. The van der Waals surface area contributed by atoms with Crippen molar-refractivity contribution in [2.24, 2.45) is 0 Å². The number of amides is 1. The van der Waals surface area contributed by atoms with Gasteiger partial charge in [-0.15, -0.1) is 0 Å². The molecule has 0 spiro atoms. The molecule has 2 rings (SSSR count). The number of anilines is 1. The maximum atomic E-state index is 11.1. The lowest BCUT2D eigenvalue weighted by molar-refractivity contribution is -0.115. The molecule has 3 nitrogen and oxygen atoms in total. The Labute approximate surface area is 88.9 Å². The summed E-state index contributed by atoms with van der Waals surface area (Å²) in [4.78, 5) is 11.1. The fourth-order valence-electron chi connectivity index (χ4n) is 1.53. The third-order valence-corrected chi connectivity index (χ3v) is 2.23. The second-order valence-corrected chi connectivity index (χ2v) is 3.43. The maximum Gasteiger partial charge on any atom is 0.228 e. The molecule has 0 fully saturated rings. The molecule has 0 atom stereocenters. The SMILES string of the molecule is CNCC#Cc1ccc2c(c1)NC(=O)C2. The first-order chi connectivity index (χ1) is 7.29. The quantitative estimate of drug-likeness (QED) is 0.657. The number of fused-ring (bicyclic) bond motifs is 1. The van der Waals surface area contributed by atoms with Gasteiger partial charge in [-0.3, -0.25) is 4.79 Å². The van der Waals surface area contributed by atoms with Crippen LogP contribution in [0.3, 0.4) is 0 Å². The van der Waals surface area contributed by atoms with E-state index >= 15 is 0 Å². The molecular weight excluding hydrogens is 188 g/mol. The Morgan fingerprint density at radius 2 is 2.40 bits per heavy atom. The summed E-state index contributed by atoms with van der Waals surface area (Å²) in [5.74, 6) is 6.07. The number of hydrogen-bond donors (Lipinski definition) is 2. The number of benzene rings is 1. The van der Waals surface area contributed by atoms with Crippen molar-refractivity contribution in [3.8, 4) is 11.8 Å².